The summed E-state index contributed by atoms with van der Waals surface area (Å²) in [6.45, 7) is 3.53. The summed E-state index contributed by atoms with van der Waals surface area (Å²) in [6, 6.07) is 6.11. The second-order valence-corrected chi connectivity index (χ2v) is 8.16. The number of aromatic nitrogens is 4. The lowest BCUT2D eigenvalue weighted by atomic mass is 9.98. The molecule has 1 atom stereocenters. The molecular formula is C22H29N5O4. The largest absolute Gasteiger partial charge is 0.493 e. The fourth-order valence-corrected chi connectivity index (χ4v) is 4.44. The lowest BCUT2D eigenvalue weighted by molar-refractivity contribution is 0.310. The Labute approximate surface area is 180 Å². The number of fused-ring (bicyclic) bond motifs is 1. The first-order valence-corrected chi connectivity index (χ1v) is 10.5. The van der Waals surface area contributed by atoms with Gasteiger partial charge in [-0.25, -0.2) is 9.78 Å². The molecule has 1 unspecified atom stereocenters. The Morgan fingerprint density at radius 1 is 1.06 bits per heavy atom. The van der Waals surface area contributed by atoms with Crippen molar-refractivity contribution >= 4 is 11.2 Å². The molecule has 1 saturated heterocycles. The van der Waals surface area contributed by atoms with Gasteiger partial charge in [0.2, 0.25) is 0 Å². The van der Waals surface area contributed by atoms with Crippen molar-refractivity contribution in [1.29, 1.82) is 0 Å². The number of nitrogens with zero attached hydrogens (tertiary/aromatic N) is 5. The molecule has 0 bridgehead atoms. The Bertz CT molecular complexity index is 1210. The minimum absolute atomic E-state index is 0.302. The van der Waals surface area contributed by atoms with E-state index in [1.165, 1.54) is 17.2 Å². The van der Waals surface area contributed by atoms with E-state index >= 15 is 0 Å². The monoisotopic (exact) mass is 427 g/mol. The van der Waals surface area contributed by atoms with E-state index in [0.717, 1.165) is 48.5 Å². The summed E-state index contributed by atoms with van der Waals surface area (Å²) in [5, 5.41) is 0. The first-order valence-electron chi connectivity index (χ1n) is 10.5. The molecule has 0 spiro atoms. The molecular weight excluding hydrogens is 398 g/mol. The van der Waals surface area contributed by atoms with Crippen molar-refractivity contribution in [3.8, 4) is 11.5 Å². The normalized spacial score (nSPS) is 16.8. The molecule has 4 rings (SSSR count). The van der Waals surface area contributed by atoms with Crippen molar-refractivity contribution in [2.24, 2.45) is 20.0 Å². The number of methoxy groups -OCH3 is 2. The molecule has 3 aromatic rings. The molecule has 1 aromatic carbocycles. The highest BCUT2D eigenvalue weighted by molar-refractivity contribution is 5.69. The van der Waals surface area contributed by atoms with Crippen LogP contribution in [0, 0.1) is 5.92 Å². The molecule has 0 saturated carbocycles. The fourth-order valence-electron chi connectivity index (χ4n) is 4.44. The zero-order chi connectivity index (χ0) is 22.1. The Balaban J connectivity index is 1.41. The quantitative estimate of drug-likeness (QED) is 0.560. The van der Waals surface area contributed by atoms with Crippen LogP contribution in [0.4, 0.5) is 0 Å². The fraction of sp³-hybridized carbons (Fsp3) is 0.500. The Morgan fingerprint density at radius 2 is 1.84 bits per heavy atom. The van der Waals surface area contributed by atoms with Gasteiger partial charge in [-0.3, -0.25) is 13.9 Å². The SMILES string of the molecule is COc1ccc(CC2CCN(CCn3cnc4c3c(=O)n(C)c(=O)n4C)C2)cc1OC. The Kier molecular flexibility index (Phi) is 5.86. The number of hydrogen-bond donors (Lipinski definition) is 0. The van der Waals surface area contributed by atoms with Gasteiger partial charge in [-0.1, -0.05) is 6.07 Å². The summed E-state index contributed by atoms with van der Waals surface area (Å²) >= 11 is 0. The third-order valence-electron chi connectivity index (χ3n) is 6.22. The number of likely N-dealkylation sites (tertiary alicyclic amines) is 1. The predicted molar refractivity (Wildman–Crippen MR) is 118 cm³/mol. The maximum absolute atomic E-state index is 12.6. The molecule has 2 aromatic heterocycles. The Hall–Kier alpha value is -3.07. The predicted octanol–water partition coefficient (Wildman–Crippen LogP) is 1.02. The van der Waals surface area contributed by atoms with Crippen molar-refractivity contribution in [3.05, 3.63) is 50.9 Å². The van der Waals surface area contributed by atoms with Crippen LogP contribution >= 0.6 is 0 Å². The molecule has 0 amide bonds. The maximum atomic E-state index is 12.6. The molecule has 0 N–H and O–H groups in total. The van der Waals surface area contributed by atoms with Crippen LogP contribution in [0.15, 0.2) is 34.1 Å². The molecule has 9 nitrogen and oxygen atoms in total. The van der Waals surface area contributed by atoms with E-state index in [0.29, 0.717) is 23.6 Å². The van der Waals surface area contributed by atoms with Crippen LogP contribution in [0.3, 0.4) is 0 Å². The van der Waals surface area contributed by atoms with Gasteiger partial charge in [0.05, 0.1) is 20.5 Å². The van der Waals surface area contributed by atoms with Crippen molar-refractivity contribution in [3.63, 3.8) is 0 Å². The molecule has 3 heterocycles. The van der Waals surface area contributed by atoms with Crippen molar-refractivity contribution in [2.45, 2.75) is 19.4 Å². The van der Waals surface area contributed by atoms with Gasteiger partial charge >= 0.3 is 5.69 Å². The third kappa shape index (κ3) is 3.97. The summed E-state index contributed by atoms with van der Waals surface area (Å²) in [7, 11) is 6.44. The number of imidazole rings is 1. The second kappa shape index (κ2) is 8.58. The number of aryl methyl sites for hydroxylation is 1. The molecule has 1 fully saturated rings. The molecule has 1 aliphatic heterocycles. The van der Waals surface area contributed by atoms with Gasteiger partial charge in [-0.2, -0.15) is 0 Å². The van der Waals surface area contributed by atoms with Gasteiger partial charge in [-0.05, 0) is 43.0 Å². The van der Waals surface area contributed by atoms with E-state index in [1.807, 2.05) is 10.6 Å². The van der Waals surface area contributed by atoms with E-state index in [2.05, 4.69) is 22.0 Å². The lowest BCUT2D eigenvalue weighted by Gasteiger charge is -2.17. The van der Waals surface area contributed by atoms with Gasteiger partial charge in [0.1, 0.15) is 0 Å². The lowest BCUT2D eigenvalue weighted by Crippen LogP contribution is -2.37. The number of ether oxygens (including phenoxy) is 2. The highest BCUT2D eigenvalue weighted by Crippen LogP contribution is 2.30. The molecule has 0 aliphatic carbocycles. The van der Waals surface area contributed by atoms with Crippen molar-refractivity contribution < 1.29 is 9.47 Å². The van der Waals surface area contributed by atoms with Crippen LogP contribution in [0.1, 0.15) is 12.0 Å². The van der Waals surface area contributed by atoms with Crippen LogP contribution in [0.5, 0.6) is 11.5 Å². The van der Waals surface area contributed by atoms with Crippen LogP contribution in [-0.4, -0.2) is 57.4 Å². The number of rotatable bonds is 7. The van der Waals surface area contributed by atoms with Gasteiger partial charge in [0.15, 0.2) is 22.7 Å². The topological polar surface area (TPSA) is 83.5 Å². The average Bonchev–Trinajstić information content (AvgIpc) is 3.41. The zero-order valence-corrected chi connectivity index (χ0v) is 18.5. The number of benzene rings is 1. The highest BCUT2D eigenvalue weighted by Gasteiger charge is 2.23. The smallest absolute Gasteiger partial charge is 0.332 e. The summed E-state index contributed by atoms with van der Waals surface area (Å²) in [4.78, 5) is 31.4. The first kappa shape index (κ1) is 21.2. The van der Waals surface area contributed by atoms with Gasteiger partial charge in [-0.15, -0.1) is 0 Å². The van der Waals surface area contributed by atoms with Gasteiger partial charge in [0, 0.05) is 33.7 Å². The highest BCUT2D eigenvalue weighted by atomic mass is 16.5. The third-order valence-corrected chi connectivity index (χ3v) is 6.22. The van der Waals surface area contributed by atoms with E-state index < -0.39 is 0 Å². The summed E-state index contributed by atoms with van der Waals surface area (Å²) < 4.78 is 15.2. The molecule has 0 radical (unpaired) electrons. The summed E-state index contributed by atoms with van der Waals surface area (Å²) in [6.07, 6.45) is 3.78. The minimum atomic E-state index is -0.361. The van der Waals surface area contributed by atoms with Gasteiger partial charge in [0.25, 0.3) is 5.56 Å². The molecule has 9 heteroatoms. The summed E-state index contributed by atoms with van der Waals surface area (Å²) in [5.74, 6) is 2.08. The van der Waals surface area contributed by atoms with Crippen LogP contribution in [-0.2, 0) is 27.1 Å². The van der Waals surface area contributed by atoms with Crippen LogP contribution < -0.4 is 20.7 Å². The van der Waals surface area contributed by atoms with E-state index in [-0.39, 0.29) is 11.2 Å². The molecule has 1 aliphatic rings. The van der Waals surface area contributed by atoms with E-state index in [9.17, 15) is 9.59 Å². The Morgan fingerprint density at radius 3 is 2.58 bits per heavy atom. The maximum Gasteiger partial charge on any atom is 0.332 e. The standard InChI is InChI=1S/C22H29N5O4/c1-24-20-19(21(28)25(2)22(24)29)27(14-23-20)10-9-26-8-7-16(13-26)11-15-5-6-17(30-3)18(12-15)31-4/h5-6,12,14,16H,7-11,13H2,1-4H3. The van der Waals surface area contributed by atoms with E-state index in [4.69, 9.17) is 9.47 Å². The second-order valence-electron chi connectivity index (χ2n) is 8.16. The minimum Gasteiger partial charge on any atom is -0.493 e. The van der Waals surface area contributed by atoms with Crippen molar-refractivity contribution in [2.75, 3.05) is 33.9 Å². The average molecular weight is 428 g/mol. The van der Waals surface area contributed by atoms with Crippen LogP contribution in [0.25, 0.3) is 11.2 Å². The molecule has 166 valence electrons. The van der Waals surface area contributed by atoms with Crippen LogP contribution in [0.2, 0.25) is 0 Å². The van der Waals surface area contributed by atoms with Gasteiger partial charge < -0.3 is 18.9 Å². The van der Waals surface area contributed by atoms with E-state index in [1.54, 1.807) is 27.6 Å². The summed E-state index contributed by atoms with van der Waals surface area (Å²) in [5.41, 5.74) is 1.49. The van der Waals surface area contributed by atoms with Crippen molar-refractivity contribution in [1.82, 2.24) is 23.6 Å². The first-order chi connectivity index (χ1) is 14.9. The molecule has 31 heavy (non-hydrogen) atoms. The zero-order valence-electron chi connectivity index (χ0n) is 18.5. The number of hydrogen-bond acceptors (Lipinski definition) is 6.